The maximum atomic E-state index is 11.9. The lowest BCUT2D eigenvalue weighted by Gasteiger charge is -2.16. The van der Waals surface area contributed by atoms with E-state index in [9.17, 15) is 4.79 Å². The average Bonchev–Trinajstić information content (AvgIpc) is 2.32. The molecule has 1 aromatic rings. The number of anilines is 1. The topological polar surface area (TPSA) is 93.8 Å². The summed E-state index contributed by atoms with van der Waals surface area (Å²) in [6.45, 7) is 8.42. The van der Waals surface area contributed by atoms with Crippen LogP contribution in [0.25, 0.3) is 0 Å². The molecule has 1 unspecified atom stereocenters. The summed E-state index contributed by atoms with van der Waals surface area (Å²) in [6, 6.07) is 0. The number of carbonyl (C=O) groups is 1. The van der Waals surface area contributed by atoms with Gasteiger partial charge in [-0.3, -0.25) is 10.1 Å². The highest BCUT2D eigenvalue weighted by Crippen LogP contribution is 2.15. The minimum Gasteiger partial charge on any atom is -0.330 e. The molecule has 0 bridgehead atoms. The molecule has 1 aromatic heterocycles. The zero-order valence-electron chi connectivity index (χ0n) is 12.1. The van der Waals surface area contributed by atoms with Gasteiger partial charge in [-0.1, -0.05) is 13.8 Å². The third-order valence-corrected chi connectivity index (χ3v) is 2.96. The average molecular weight is 265 g/mol. The normalized spacial score (nSPS) is 12.5. The fourth-order valence-corrected chi connectivity index (χ4v) is 1.88. The van der Waals surface area contributed by atoms with E-state index in [1.807, 2.05) is 13.8 Å². The number of aromatic nitrogens is 3. The first-order valence-corrected chi connectivity index (χ1v) is 6.60. The van der Waals surface area contributed by atoms with Crippen LogP contribution < -0.4 is 11.1 Å². The van der Waals surface area contributed by atoms with Gasteiger partial charge in [0.15, 0.2) is 0 Å². The summed E-state index contributed by atoms with van der Waals surface area (Å²) in [5, 5.41) is 10.4. The lowest BCUT2D eigenvalue weighted by atomic mass is 9.94. The third kappa shape index (κ3) is 5.30. The first-order chi connectivity index (χ1) is 8.92. The summed E-state index contributed by atoms with van der Waals surface area (Å²) in [6.07, 6.45) is 1.33. The van der Waals surface area contributed by atoms with Crippen molar-refractivity contribution in [3.05, 3.63) is 11.4 Å². The largest absolute Gasteiger partial charge is 0.330 e. The Hall–Kier alpha value is -1.56. The van der Waals surface area contributed by atoms with Crippen LogP contribution in [0.2, 0.25) is 0 Å². The van der Waals surface area contributed by atoms with Crippen LogP contribution >= 0.6 is 0 Å². The van der Waals surface area contributed by atoms with Crippen molar-refractivity contribution in [3.63, 3.8) is 0 Å². The Bertz CT molecular complexity index is 433. The SMILES string of the molecule is Cc1nnc(NC(=O)CC(CN)CC(C)C)nc1C. The van der Waals surface area contributed by atoms with Gasteiger partial charge in [-0.15, -0.1) is 5.10 Å². The molecule has 0 aliphatic carbocycles. The maximum Gasteiger partial charge on any atom is 0.249 e. The smallest absolute Gasteiger partial charge is 0.249 e. The summed E-state index contributed by atoms with van der Waals surface area (Å²) >= 11 is 0. The van der Waals surface area contributed by atoms with Gasteiger partial charge in [0.25, 0.3) is 0 Å². The van der Waals surface area contributed by atoms with Crippen LogP contribution in [-0.4, -0.2) is 27.6 Å². The number of carbonyl (C=O) groups excluding carboxylic acids is 1. The summed E-state index contributed by atoms with van der Waals surface area (Å²) in [5.41, 5.74) is 7.21. The molecule has 0 aliphatic heterocycles. The Balaban J connectivity index is 2.56. The van der Waals surface area contributed by atoms with Crippen LogP contribution in [0.1, 0.15) is 38.1 Å². The quantitative estimate of drug-likeness (QED) is 0.811. The number of aryl methyl sites for hydroxylation is 2. The highest BCUT2D eigenvalue weighted by molar-refractivity contribution is 5.89. The minimum atomic E-state index is -0.110. The van der Waals surface area contributed by atoms with Crippen molar-refractivity contribution in [2.75, 3.05) is 11.9 Å². The van der Waals surface area contributed by atoms with E-state index in [4.69, 9.17) is 5.73 Å². The lowest BCUT2D eigenvalue weighted by Crippen LogP contribution is -2.24. The second-order valence-corrected chi connectivity index (χ2v) is 5.29. The summed E-state index contributed by atoms with van der Waals surface area (Å²) in [5.74, 6) is 0.870. The van der Waals surface area contributed by atoms with Gasteiger partial charge in [0.2, 0.25) is 11.9 Å². The van der Waals surface area contributed by atoms with Gasteiger partial charge in [0.05, 0.1) is 11.4 Å². The number of rotatable bonds is 6. The predicted octanol–water partition coefficient (Wildman–Crippen LogP) is 1.44. The summed E-state index contributed by atoms with van der Waals surface area (Å²) in [7, 11) is 0. The first-order valence-electron chi connectivity index (χ1n) is 6.60. The van der Waals surface area contributed by atoms with Crippen molar-refractivity contribution < 1.29 is 4.79 Å². The zero-order chi connectivity index (χ0) is 14.4. The van der Waals surface area contributed by atoms with Gasteiger partial charge in [-0.05, 0) is 38.6 Å². The number of amides is 1. The van der Waals surface area contributed by atoms with Gasteiger partial charge in [-0.2, -0.15) is 5.10 Å². The maximum absolute atomic E-state index is 11.9. The number of hydrogen-bond acceptors (Lipinski definition) is 5. The van der Waals surface area contributed by atoms with E-state index in [0.717, 1.165) is 17.8 Å². The molecule has 0 fully saturated rings. The van der Waals surface area contributed by atoms with Crippen LogP contribution in [0.3, 0.4) is 0 Å². The number of hydrogen-bond donors (Lipinski definition) is 2. The molecule has 0 aromatic carbocycles. The standard InChI is InChI=1S/C13H23N5O/c1-8(2)5-11(7-14)6-12(19)16-13-15-9(3)10(4)17-18-13/h8,11H,5-7,14H2,1-4H3,(H,15,16,18,19). The molecule has 19 heavy (non-hydrogen) atoms. The minimum absolute atomic E-state index is 0.110. The Morgan fingerprint density at radius 3 is 2.47 bits per heavy atom. The van der Waals surface area contributed by atoms with Crippen molar-refractivity contribution in [2.45, 2.75) is 40.5 Å². The van der Waals surface area contributed by atoms with Crippen LogP contribution in [0, 0.1) is 25.7 Å². The molecule has 1 amide bonds. The highest BCUT2D eigenvalue weighted by Gasteiger charge is 2.15. The third-order valence-electron chi connectivity index (χ3n) is 2.96. The molecule has 6 nitrogen and oxygen atoms in total. The predicted molar refractivity (Wildman–Crippen MR) is 74.5 cm³/mol. The fraction of sp³-hybridized carbons (Fsp3) is 0.692. The van der Waals surface area contributed by atoms with E-state index >= 15 is 0 Å². The number of nitrogens with one attached hydrogen (secondary N) is 1. The van der Waals surface area contributed by atoms with Crippen LogP contribution in [0.4, 0.5) is 5.95 Å². The van der Waals surface area contributed by atoms with Crippen molar-refractivity contribution in [2.24, 2.45) is 17.6 Å². The van der Waals surface area contributed by atoms with Crippen molar-refractivity contribution >= 4 is 11.9 Å². The molecule has 1 heterocycles. The molecule has 0 spiro atoms. The fourth-order valence-electron chi connectivity index (χ4n) is 1.88. The lowest BCUT2D eigenvalue weighted by molar-refractivity contribution is -0.117. The molecule has 0 saturated carbocycles. The number of nitrogens with two attached hydrogens (primary N) is 1. The van der Waals surface area contributed by atoms with Crippen molar-refractivity contribution in [3.8, 4) is 0 Å². The second-order valence-electron chi connectivity index (χ2n) is 5.29. The van der Waals surface area contributed by atoms with Gasteiger partial charge in [0.1, 0.15) is 0 Å². The highest BCUT2D eigenvalue weighted by atomic mass is 16.1. The van der Waals surface area contributed by atoms with Crippen LogP contribution in [-0.2, 0) is 4.79 Å². The van der Waals surface area contributed by atoms with Gasteiger partial charge in [-0.25, -0.2) is 4.98 Å². The van der Waals surface area contributed by atoms with Gasteiger partial charge < -0.3 is 5.73 Å². The first kappa shape index (κ1) is 15.5. The van der Waals surface area contributed by atoms with Gasteiger partial charge >= 0.3 is 0 Å². The molecule has 0 aliphatic rings. The molecule has 0 radical (unpaired) electrons. The Morgan fingerprint density at radius 2 is 1.95 bits per heavy atom. The molecule has 106 valence electrons. The van der Waals surface area contributed by atoms with E-state index in [1.165, 1.54) is 0 Å². The Labute approximate surface area is 114 Å². The monoisotopic (exact) mass is 265 g/mol. The molecule has 1 atom stereocenters. The van der Waals surface area contributed by atoms with Gasteiger partial charge in [0, 0.05) is 6.42 Å². The van der Waals surface area contributed by atoms with Crippen molar-refractivity contribution in [1.82, 2.24) is 15.2 Å². The van der Waals surface area contributed by atoms with E-state index in [2.05, 4.69) is 34.3 Å². The zero-order valence-corrected chi connectivity index (χ0v) is 12.1. The summed E-state index contributed by atoms with van der Waals surface area (Å²) in [4.78, 5) is 16.1. The molecular formula is C13H23N5O. The van der Waals surface area contributed by atoms with E-state index in [1.54, 1.807) is 0 Å². The second kappa shape index (κ2) is 7.13. The van der Waals surface area contributed by atoms with E-state index in [-0.39, 0.29) is 17.8 Å². The Morgan fingerprint density at radius 1 is 1.26 bits per heavy atom. The van der Waals surface area contributed by atoms with E-state index < -0.39 is 0 Å². The van der Waals surface area contributed by atoms with Crippen molar-refractivity contribution in [1.29, 1.82) is 0 Å². The van der Waals surface area contributed by atoms with E-state index in [0.29, 0.717) is 18.9 Å². The summed E-state index contributed by atoms with van der Waals surface area (Å²) < 4.78 is 0. The molecular weight excluding hydrogens is 242 g/mol. The number of nitrogens with zero attached hydrogens (tertiary/aromatic N) is 3. The van der Waals surface area contributed by atoms with Crippen LogP contribution in [0.5, 0.6) is 0 Å². The molecule has 0 saturated heterocycles. The molecule has 6 heteroatoms. The molecule has 3 N–H and O–H groups in total. The Kier molecular flexibility index (Phi) is 5.82. The molecule has 1 rings (SSSR count). The van der Waals surface area contributed by atoms with Crippen LogP contribution in [0.15, 0.2) is 0 Å².